The predicted octanol–water partition coefficient (Wildman–Crippen LogP) is 2.14. The smallest absolute Gasteiger partial charge is 0.266 e. The molecule has 3 aromatic rings. The molecule has 1 aromatic carbocycles. The third-order valence-corrected chi connectivity index (χ3v) is 3.09. The van der Waals surface area contributed by atoms with Crippen LogP contribution in [0.3, 0.4) is 0 Å². The van der Waals surface area contributed by atoms with Gasteiger partial charge in [0.25, 0.3) is 5.56 Å². The van der Waals surface area contributed by atoms with Crippen LogP contribution in [0.25, 0.3) is 16.9 Å². The van der Waals surface area contributed by atoms with E-state index in [0.29, 0.717) is 22.2 Å². The molecule has 0 amide bonds. The van der Waals surface area contributed by atoms with Gasteiger partial charge in [0, 0.05) is 12.4 Å². The third kappa shape index (κ3) is 1.88. The summed E-state index contributed by atoms with van der Waals surface area (Å²) < 4.78 is 1.44. The van der Waals surface area contributed by atoms with E-state index in [9.17, 15) is 4.79 Å². The van der Waals surface area contributed by atoms with Crippen LogP contribution in [0.2, 0.25) is 5.02 Å². The minimum Gasteiger partial charge on any atom is -0.266 e. The number of rotatable bonds is 1. The summed E-state index contributed by atoms with van der Waals surface area (Å²) >= 11 is 6.13. The molecule has 5 nitrogen and oxygen atoms in total. The second kappa shape index (κ2) is 4.44. The van der Waals surface area contributed by atoms with Crippen molar-refractivity contribution in [1.82, 2.24) is 19.5 Å². The highest BCUT2D eigenvalue weighted by atomic mass is 35.5. The van der Waals surface area contributed by atoms with Crippen LogP contribution in [0.15, 0.2) is 41.5 Å². The topological polar surface area (TPSA) is 60.7 Å². The second-order valence-electron chi connectivity index (χ2n) is 3.98. The molecule has 3 rings (SSSR count). The third-order valence-electron chi connectivity index (χ3n) is 2.77. The number of fused-ring (bicyclic) bond motifs is 1. The lowest BCUT2D eigenvalue weighted by atomic mass is 10.3. The van der Waals surface area contributed by atoms with E-state index >= 15 is 0 Å². The Kier molecular flexibility index (Phi) is 2.76. The Balaban J connectivity index is 2.43. The van der Waals surface area contributed by atoms with Crippen LogP contribution in [-0.4, -0.2) is 19.5 Å². The number of hydrogen-bond donors (Lipinski definition) is 0. The van der Waals surface area contributed by atoms with E-state index < -0.39 is 0 Å². The van der Waals surface area contributed by atoms with Crippen molar-refractivity contribution in [2.45, 2.75) is 6.92 Å². The Morgan fingerprint density at radius 2 is 1.89 bits per heavy atom. The van der Waals surface area contributed by atoms with Gasteiger partial charge in [-0.3, -0.25) is 9.36 Å². The van der Waals surface area contributed by atoms with Crippen LogP contribution in [0.1, 0.15) is 5.82 Å². The lowest BCUT2D eigenvalue weighted by molar-refractivity contribution is 0.882. The zero-order valence-electron chi connectivity index (χ0n) is 10.0. The Bertz CT molecular complexity index is 828. The molecule has 0 spiro atoms. The molecule has 0 atom stereocenters. The molecule has 0 bridgehead atoms. The van der Waals surface area contributed by atoms with Gasteiger partial charge >= 0.3 is 0 Å². The largest absolute Gasteiger partial charge is 0.286 e. The number of aryl methyl sites for hydroxylation is 1. The Morgan fingerprint density at radius 1 is 1.16 bits per heavy atom. The van der Waals surface area contributed by atoms with Crippen molar-refractivity contribution in [2.24, 2.45) is 0 Å². The van der Waals surface area contributed by atoms with E-state index in [4.69, 9.17) is 11.6 Å². The minimum atomic E-state index is -0.274. The summed E-state index contributed by atoms with van der Waals surface area (Å²) in [5.74, 6) is 0.520. The van der Waals surface area contributed by atoms with E-state index in [1.54, 1.807) is 25.1 Å². The first-order valence-electron chi connectivity index (χ1n) is 5.64. The molecule has 2 aromatic heterocycles. The molecule has 0 aliphatic carbocycles. The van der Waals surface area contributed by atoms with E-state index in [-0.39, 0.29) is 11.1 Å². The summed E-state index contributed by atoms with van der Waals surface area (Å²) in [7, 11) is 0. The lowest BCUT2D eigenvalue weighted by Gasteiger charge is -2.11. The minimum absolute atomic E-state index is 0.230. The van der Waals surface area contributed by atoms with Crippen molar-refractivity contribution < 1.29 is 0 Å². The van der Waals surface area contributed by atoms with Crippen molar-refractivity contribution in [3.05, 3.63) is 57.9 Å². The molecular weight excluding hydrogens is 264 g/mol. The fourth-order valence-corrected chi connectivity index (χ4v) is 2.16. The molecule has 6 heteroatoms. The van der Waals surface area contributed by atoms with Gasteiger partial charge in [0.1, 0.15) is 5.82 Å². The standard InChI is InChI=1S/C13H9ClN4O/c1-8-17-12-11(15-6-7-16-12)13(19)18(8)10-5-3-2-4-9(10)14/h2-7H,1H3. The summed E-state index contributed by atoms with van der Waals surface area (Å²) in [5.41, 5.74) is 0.886. The van der Waals surface area contributed by atoms with Crippen LogP contribution in [0, 0.1) is 6.92 Å². The van der Waals surface area contributed by atoms with Crippen LogP contribution in [0.4, 0.5) is 0 Å². The second-order valence-corrected chi connectivity index (χ2v) is 4.39. The summed E-state index contributed by atoms with van der Waals surface area (Å²) in [5, 5.41) is 0.484. The predicted molar refractivity (Wildman–Crippen MR) is 72.7 cm³/mol. The van der Waals surface area contributed by atoms with Gasteiger partial charge in [-0.05, 0) is 19.1 Å². The number of nitrogens with zero attached hydrogens (tertiary/aromatic N) is 4. The van der Waals surface area contributed by atoms with Crippen LogP contribution < -0.4 is 5.56 Å². The highest BCUT2D eigenvalue weighted by molar-refractivity contribution is 6.32. The summed E-state index contributed by atoms with van der Waals surface area (Å²) in [6.45, 7) is 1.73. The average Bonchev–Trinajstić information content (AvgIpc) is 2.41. The fourth-order valence-electron chi connectivity index (χ4n) is 1.94. The van der Waals surface area contributed by atoms with Gasteiger partial charge in [-0.2, -0.15) is 0 Å². The Morgan fingerprint density at radius 3 is 2.68 bits per heavy atom. The molecule has 94 valence electrons. The lowest BCUT2D eigenvalue weighted by Crippen LogP contribution is -2.23. The van der Waals surface area contributed by atoms with Gasteiger partial charge in [0.15, 0.2) is 11.2 Å². The fraction of sp³-hybridized carbons (Fsp3) is 0.0769. The molecule has 0 radical (unpaired) electrons. The number of benzene rings is 1. The number of halogens is 1. The first-order valence-corrected chi connectivity index (χ1v) is 6.01. The van der Waals surface area contributed by atoms with Crippen molar-refractivity contribution in [1.29, 1.82) is 0 Å². The molecule has 0 N–H and O–H groups in total. The molecule has 0 saturated carbocycles. The van der Waals surface area contributed by atoms with Gasteiger partial charge in [-0.15, -0.1) is 0 Å². The van der Waals surface area contributed by atoms with E-state index in [1.165, 1.54) is 17.0 Å². The van der Waals surface area contributed by atoms with E-state index in [0.717, 1.165) is 0 Å². The summed E-state index contributed by atoms with van der Waals surface area (Å²) in [4.78, 5) is 24.8. The Labute approximate surface area is 113 Å². The zero-order chi connectivity index (χ0) is 13.4. The summed E-state index contributed by atoms with van der Waals surface area (Å²) in [6.07, 6.45) is 2.98. The van der Waals surface area contributed by atoms with Crippen molar-refractivity contribution in [3.8, 4) is 5.69 Å². The normalized spacial score (nSPS) is 10.8. The van der Waals surface area contributed by atoms with Crippen LogP contribution in [-0.2, 0) is 0 Å². The maximum Gasteiger partial charge on any atom is 0.286 e. The highest BCUT2D eigenvalue weighted by Gasteiger charge is 2.13. The van der Waals surface area contributed by atoms with Gasteiger partial charge < -0.3 is 0 Å². The van der Waals surface area contributed by atoms with Crippen LogP contribution >= 0.6 is 11.6 Å². The molecule has 0 fully saturated rings. The Hall–Kier alpha value is -2.27. The van der Waals surface area contributed by atoms with Gasteiger partial charge in [0.05, 0.1) is 10.7 Å². The quantitative estimate of drug-likeness (QED) is 0.681. The van der Waals surface area contributed by atoms with Crippen molar-refractivity contribution in [3.63, 3.8) is 0 Å². The van der Waals surface area contributed by atoms with Gasteiger partial charge in [0.2, 0.25) is 0 Å². The van der Waals surface area contributed by atoms with E-state index in [1.807, 2.05) is 6.07 Å². The highest BCUT2D eigenvalue weighted by Crippen LogP contribution is 2.19. The van der Waals surface area contributed by atoms with E-state index in [2.05, 4.69) is 15.0 Å². The first kappa shape index (κ1) is 11.8. The number of aromatic nitrogens is 4. The van der Waals surface area contributed by atoms with Crippen molar-refractivity contribution >= 4 is 22.8 Å². The molecule has 0 saturated heterocycles. The number of hydrogen-bond acceptors (Lipinski definition) is 4. The van der Waals surface area contributed by atoms with Gasteiger partial charge in [-0.1, -0.05) is 23.7 Å². The zero-order valence-corrected chi connectivity index (χ0v) is 10.8. The van der Waals surface area contributed by atoms with Crippen LogP contribution in [0.5, 0.6) is 0 Å². The first-order chi connectivity index (χ1) is 9.18. The molecule has 0 aliphatic heterocycles. The maximum atomic E-state index is 12.5. The average molecular weight is 273 g/mol. The molecule has 0 unspecified atom stereocenters. The van der Waals surface area contributed by atoms with Crippen molar-refractivity contribution in [2.75, 3.05) is 0 Å². The monoisotopic (exact) mass is 272 g/mol. The maximum absolute atomic E-state index is 12.5. The number of para-hydroxylation sites is 1. The molecule has 2 heterocycles. The van der Waals surface area contributed by atoms with Gasteiger partial charge in [-0.25, -0.2) is 15.0 Å². The summed E-state index contributed by atoms with van der Waals surface area (Å²) in [6, 6.07) is 7.11. The molecule has 19 heavy (non-hydrogen) atoms. The molecule has 0 aliphatic rings. The molecular formula is C13H9ClN4O. The SMILES string of the molecule is Cc1nc2nccnc2c(=O)n1-c1ccccc1Cl.